The number of thioether (sulfide) groups is 1. The summed E-state index contributed by atoms with van der Waals surface area (Å²) in [5, 5.41) is 5.77. The largest absolute Gasteiger partial charge is 0.350 e. The average Bonchev–Trinajstić information content (AvgIpc) is 3.25. The second-order valence-electron chi connectivity index (χ2n) is 5.16. The fourth-order valence-electron chi connectivity index (χ4n) is 2.28. The SMILES string of the molecule is O=C(NCCSc1ccc(Cl)cc1)c1cccn1Cc1cccs1. The van der Waals surface area contributed by atoms with E-state index in [0.717, 1.165) is 22.2 Å². The van der Waals surface area contributed by atoms with E-state index < -0.39 is 0 Å². The summed E-state index contributed by atoms with van der Waals surface area (Å²) < 4.78 is 1.98. The van der Waals surface area contributed by atoms with Gasteiger partial charge in [0.15, 0.2) is 0 Å². The second kappa shape index (κ2) is 8.42. The topological polar surface area (TPSA) is 34.0 Å². The summed E-state index contributed by atoms with van der Waals surface area (Å²) in [5.41, 5.74) is 0.694. The van der Waals surface area contributed by atoms with Crippen molar-refractivity contribution in [1.29, 1.82) is 0 Å². The van der Waals surface area contributed by atoms with Gasteiger partial charge in [0.2, 0.25) is 0 Å². The molecule has 0 aliphatic rings. The summed E-state index contributed by atoms with van der Waals surface area (Å²) in [5.74, 6) is 0.784. The first-order chi connectivity index (χ1) is 11.7. The lowest BCUT2D eigenvalue weighted by atomic mass is 10.4. The van der Waals surface area contributed by atoms with E-state index in [1.165, 1.54) is 4.88 Å². The molecule has 3 rings (SSSR count). The van der Waals surface area contributed by atoms with Gasteiger partial charge >= 0.3 is 0 Å². The van der Waals surface area contributed by atoms with Crippen LogP contribution in [0.15, 0.2) is 65.0 Å². The van der Waals surface area contributed by atoms with Crippen molar-refractivity contribution in [1.82, 2.24) is 9.88 Å². The molecule has 0 saturated carbocycles. The number of halogens is 1. The number of carbonyl (C=O) groups excluding carboxylic acids is 1. The zero-order valence-corrected chi connectivity index (χ0v) is 15.3. The van der Waals surface area contributed by atoms with Gasteiger partial charge in [-0.15, -0.1) is 23.1 Å². The minimum absolute atomic E-state index is 0.0340. The van der Waals surface area contributed by atoms with Gasteiger partial charge in [0.25, 0.3) is 5.91 Å². The number of aromatic nitrogens is 1. The fourth-order valence-corrected chi connectivity index (χ4v) is 3.88. The van der Waals surface area contributed by atoms with E-state index in [2.05, 4.69) is 11.4 Å². The Morgan fingerprint density at radius 1 is 1.17 bits per heavy atom. The molecule has 0 bridgehead atoms. The van der Waals surface area contributed by atoms with Crippen LogP contribution in [-0.4, -0.2) is 22.8 Å². The zero-order chi connectivity index (χ0) is 16.8. The maximum atomic E-state index is 12.4. The molecule has 0 saturated heterocycles. The van der Waals surface area contributed by atoms with Crippen LogP contribution in [0.2, 0.25) is 5.02 Å². The third-order valence-corrected chi connectivity index (χ3v) is 5.57. The van der Waals surface area contributed by atoms with Crippen molar-refractivity contribution in [2.45, 2.75) is 11.4 Å². The maximum Gasteiger partial charge on any atom is 0.267 e. The third kappa shape index (κ3) is 4.66. The van der Waals surface area contributed by atoms with E-state index in [4.69, 9.17) is 11.6 Å². The lowest BCUT2D eigenvalue weighted by Crippen LogP contribution is -2.27. The van der Waals surface area contributed by atoms with Gasteiger partial charge in [0.05, 0.1) is 6.54 Å². The second-order valence-corrected chi connectivity index (χ2v) is 7.80. The number of hydrogen-bond donors (Lipinski definition) is 1. The molecule has 6 heteroatoms. The summed E-state index contributed by atoms with van der Waals surface area (Å²) >= 11 is 9.26. The highest BCUT2D eigenvalue weighted by Crippen LogP contribution is 2.19. The monoisotopic (exact) mass is 376 g/mol. The fraction of sp³-hybridized carbons (Fsp3) is 0.167. The van der Waals surface area contributed by atoms with Crippen LogP contribution >= 0.6 is 34.7 Å². The molecule has 0 aliphatic carbocycles. The number of hydrogen-bond acceptors (Lipinski definition) is 3. The molecule has 1 amide bonds. The molecular weight excluding hydrogens is 360 g/mol. The van der Waals surface area contributed by atoms with Crippen LogP contribution in [0.1, 0.15) is 15.4 Å². The molecule has 0 unspecified atom stereocenters. The van der Waals surface area contributed by atoms with E-state index in [-0.39, 0.29) is 5.91 Å². The van der Waals surface area contributed by atoms with E-state index in [9.17, 15) is 4.79 Å². The normalized spacial score (nSPS) is 10.7. The molecular formula is C18H17ClN2OS2. The molecule has 3 aromatic rings. The van der Waals surface area contributed by atoms with E-state index in [0.29, 0.717) is 12.2 Å². The Labute approximate surface area is 154 Å². The molecule has 0 atom stereocenters. The number of nitrogens with one attached hydrogen (secondary N) is 1. The van der Waals surface area contributed by atoms with Crippen molar-refractivity contribution in [3.8, 4) is 0 Å². The van der Waals surface area contributed by atoms with Crippen molar-refractivity contribution in [3.63, 3.8) is 0 Å². The van der Waals surface area contributed by atoms with Gasteiger partial charge in [-0.1, -0.05) is 17.7 Å². The van der Waals surface area contributed by atoms with Gasteiger partial charge in [-0.3, -0.25) is 4.79 Å². The Morgan fingerprint density at radius 2 is 2.00 bits per heavy atom. The predicted molar refractivity (Wildman–Crippen MR) is 102 cm³/mol. The number of thiophene rings is 1. The molecule has 2 aromatic heterocycles. The van der Waals surface area contributed by atoms with Gasteiger partial charge in [-0.05, 0) is 47.8 Å². The molecule has 1 N–H and O–H groups in total. The molecule has 0 spiro atoms. The highest BCUT2D eigenvalue weighted by molar-refractivity contribution is 7.99. The highest BCUT2D eigenvalue weighted by Gasteiger charge is 2.10. The summed E-state index contributed by atoms with van der Waals surface area (Å²) in [6, 6.07) is 15.6. The lowest BCUT2D eigenvalue weighted by Gasteiger charge is -2.09. The van der Waals surface area contributed by atoms with Crippen molar-refractivity contribution in [3.05, 3.63) is 75.7 Å². The third-order valence-electron chi connectivity index (χ3n) is 3.44. The molecule has 3 nitrogen and oxygen atoms in total. The Morgan fingerprint density at radius 3 is 2.75 bits per heavy atom. The van der Waals surface area contributed by atoms with Crippen molar-refractivity contribution < 1.29 is 4.79 Å². The maximum absolute atomic E-state index is 12.4. The van der Waals surface area contributed by atoms with Crippen LogP contribution in [0, 0.1) is 0 Å². The van der Waals surface area contributed by atoms with Crippen LogP contribution in [0.5, 0.6) is 0 Å². The average molecular weight is 377 g/mol. The highest BCUT2D eigenvalue weighted by atomic mass is 35.5. The summed E-state index contributed by atoms with van der Waals surface area (Å²) in [7, 11) is 0. The first-order valence-electron chi connectivity index (χ1n) is 7.56. The van der Waals surface area contributed by atoms with Gasteiger partial charge in [0.1, 0.15) is 5.69 Å². The van der Waals surface area contributed by atoms with E-state index >= 15 is 0 Å². The molecule has 0 fully saturated rings. The minimum atomic E-state index is -0.0340. The van der Waals surface area contributed by atoms with Crippen LogP contribution in [-0.2, 0) is 6.54 Å². The summed E-state index contributed by atoms with van der Waals surface area (Å²) in [6.45, 7) is 1.35. The van der Waals surface area contributed by atoms with Gasteiger partial charge in [-0.25, -0.2) is 0 Å². The van der Waals surface area contributed by atoms with Crippen LogP contribution in [0.4, 0.5) is 0 Å². The Kier molecular flexibility index (Phi) is 6.01. The van der Waals surface area contributed by atoms with E-state index in [1.807, 2.05) is 58.6 Å². The van der Waals surface area contributed by atoms with E-state index in [1.54, 1.807) is 23.1 Å². The first-order valence-corrected chi connectivity index (χ1v) is 9.81. The summed E-state index contributed by atoms with van der Waals surface area (Å²) in [6.07, 6.45) is 1.94. The summed E-state index contributed by atoms with van der Waals surface area (Å²) in [4.78, 5) is 14.7. The molecule has 2 heterocycles. The zero-order valence-electron chi connectivity index (χ0n) is 12.9. The van der Waals surface area contributed by atoms with Crippen LogP contribution in [0.3, 0.4) is 0 Å². The van der Waals surface area contributed by atoms with Crippen molar-refractivity contribution in [2.24, 2.45) is 0 Å². The van der Waals surface area contributed by atoms with Gasteiger partial charge in [-0.2, -0.15) is 0 Å². The quantitative estimate of drug-likeness (QED) is 0.476. The molecule has 124 valence electrons. The molecule has 0 radical (unpaired) electrons. The standard InChI is InChI=1S/C18H17ClN2OS2/c19-14-5-7-15(8-6-14)24-12-9-20-18(22)17-4-1-10-21(17)13-16-3-2-11-23-16/h1-8,10-11H,9,12-13H2,(H,20,22). The first kappa shape index (κ1) is 17.1. The number of benzene rings is 1. The van der Waals surface area contributed by atoms with Gasteiger partial charge < -0.3 is 9.88 Å². The van der Waals surface area contributed by atoms with Crippen molar-refractivity contribution >= 4 is 40.6 Å². The number of nitrogens with zero attached hydrogens (tertiary/aromatic N) is 1. The Hall–Kier alpha value is -1.69. The molecule has 0 aliphatic heterocycles. The van der Waals surface area contributed by atoms with Crippen LogP contribution in [0.25, 0.3) is 0 Å². The lowest BCUT2D eigenvalue weighted by molar-refractivity contribution is 0.0947. The molecule has 1 aromatic carbocycles. The van der Waals surface area contributed by atoms with Crippen LogP contribution < -0.4 is 5.32 Å². The van der Waals surface area contributed by atoms with Gasteiger partial charge in [0, 0.05) is 33.3 Å². The minimum Gasteiger partial charge on any atom is -0.350 e. The predicted octanol–water partition coefficient (Wildman–Crippen LogP) is 4.77. The Bertz CT molecular complexity index is 782. The van der Waals surface area contributed by atoms with Crippen molar-refractivity contribution in [2.75, 3.05) is 12.3 Å². The number of rotatable bonds is 7. The number of carbonyl (C=O) groups is 1. The molecule has 24 heavy (non-hydrogen) atoms. The number of amides is 1. The smallest absolute Gasteiger partial charge is 0.267 e. The Balaban J connectivity index is 1.48.